The van der Waals surface area contributed by atoms with Crippen molar-refractivity contribution in [3.63, 3.8) is 0 Å². The molecule has 0 bridgehead atoms. The molecule has 5 heteroatoms. The highest BCUT2D eigenvalue weighted by Crippen LogP contribution is 2.48. The molecule has 0 aromatic heterocycles. The molecule has 1 fully saturated rings. The number of hydrogen-bond acceptors (Lipinski definition) is 4. The number of nitrogens with two attached hydrogens (primary N) is 1. The maximum Gasteiger partial charge on any atom is 0.371 e. The Hall–Kier alpha value is 0.0569. The van der Waals surface area contributed by atoms with Gasteiger partial charge in [-0.15, -0.1) is 0 Å². The third-order valence-corrected chi connectivity index (χ3v) is 9.25. The second kappa shape index (κ2) is 7.74. The molecule has 1 rings (SSSR count). The maximum atomic E-state index is 6.10. The molecule has 0 aromatic rings. The molecule has 1 heterocycles. The summed E-state index contributed by atoms with van der Waals surface area (Å²) in [6.07, 6.45) is 6.66. The lowest BCUT2D eigenvalue weighted by atomic mass is 9.88. The van der Waals surface area contributed by atoms with Crippen LogP contribution in [-0.2, 0) is 13.6 Å². The third-order valence-electron chi connectivity index (χ3n) is 4.76. The average molecular weight is 289 g/mol. The van der Waals surface area contributed by atoms with E-state index in [2.05, 4.69) is 6.92 Å². The highest BCUT2D eigenvalue weighted by molar-refractivity contribution is 6.70. The van der Waals surface area contributed by atoms with E-state index in [1.165, 1.54) is 12.8 Å². The fourth-order valence-electron chi connectivity index (χ4n) is 3.90. The normalized spacial score (nSPS) is 30.5. The van der Waals surface area contributed by atoms with Gasteiger partial charge in [-0.3, -0.25) is 0 Å². The van der Waals surface area contributed by atoms with Crippen molar-refractivity contribution in [2.45, 2.75) is 56.7 Å². The van der Waals surface area contributed by atoms with Crippen molar-refractivity contribution in [2.24, 2.45) is 11.7 Å². The summed E-state index contributed by atoms with van der Waals surface area (Å²) in [6, 6.07) is 1.03. The van der Waals surface area contributed by atoms with Crippen molar-refractivity contribution >= 4 is 8.56 Å². The minimum Gasteiger partial charge on any atom is -0.396 e. The Labute approximate surface area is 119 Å². The van der Waals surface area contributed by atoms with Gasteiger partial charge in [0.1, 0.15) is 5.22 Å². The molecule has 0 radical (unpaired) electrons. The molecule has 19 heavy (non-hydrogen) atoms. The molecule has 1 aliphatic rings. The van der Waals surface area contributed by atoms with Crippen LogP contribution in [0, 0.1) is 5.92 Å². The molecule has 0 aromatic carbocycles. The monoisotopic (exact) mass is 289 g/mol. The van der Waals surface area contributed by atoms with Crippen LogP contribution in [-0.4, -0.2) is 41.7 Å². The lowest BCUT2D eigenvalue weighted by molar-refractivity contribution is -0.0564. The van der Waals surface area contributed by atoms with E-state index < -0.39 is 8.56 Å². The second-order valence-corrected chi connectivity index (χ2v) is 9.19. The van der Waals surface area contributed by atoms with Crippen LogP contribution in [0.1, 0.15) is 45.4 Å². The van der Waals surface area contributed by atoms with Gasteiger partial charge < -0.3 is 19.3 Å². The van der Waals surface area contributed by atoms with Crippen molar-refractivity contribution < 1.29 is 13.6 Å². The van der Waals surface area contributed by atoms with Gasteiger partial charge in [-0.25, -0.2) is 0 Å². The Morgan fingerprint density at radius 3 is 2.42 bits per heavy atom. The van der Waals surface area contributed by atoms with Gasteiger partial charge in [0.25, 0.3) is 0 Å². The summed E-state index contributed by atoms with van der Waals surface area (Å²) >= 11 is 0. The van der Waals surface area contributed by atoms with Crippen LogP contribution in [0.15, 0.2) is 0 Å². The summed E-state index contributed by atoms with van der Waals surface area (Å²) in [5, 5.41) is -0.210. The first-order valence-corrected chi connectivity index (χ1v) is 9.54. The highest BCUT2D eigenvalue weighted by Gasteiger charge is 2.62. The number of hydrogen-bond donors (Lipinski definition) is 1. The van der Waals surface area contributed by atoms with E-state index in [4.69, 9.17) is 19.3 Å². The molecule has 2 N–H and O–H groups in total. The van der Waals surface area contributed by atoms with Crippen LogP contribution in [0.4, 0.5) is 0 Å². The van der Waals surface area contributed by atoms with Crippen molar-refractivity contribution in [1.29, 1.82) is 0 Å². The van der Waals surface area contributed by atoms with E-state index in [-0.39, 0.29) is 5.22 Å². The zero-order valence-corrected chi connectivity index (χ0v) is 14.0. The van der Waals surface area contributed by atoms with Gasteiger partial charge in [-0.1, -0.05) is 19.8 Å². The number of ether oxygens (including phenoxy) is 1. The number of rotatable bonds is 8. The SMILES string of the molecule is CCCC1(OC)C(CCCN)CCC[Si]1(OC)OC. The fourth-order valence-corrected chi connectivity index (χ4v) is 8.11. The van der Waals surface area contributed by atoms with Crippen molar-refractivity contribution in [3.8, 4) is 0 Å². The zero-order chi connectivity index (χ0) is 14.4. The maximum absolute atomic E-state index is 6.10. The first-order valence-electron chi connectivity index (χ1n) is 7.51. The molecular weight excluding hydrogens is 258 g/mol. The Balaban J connectivity index is 3.08. The summed E-state index contributed by atoms with van der Waals surface area (Å²) in [5.41, 5.74) is 5.69. The molecular formula is C14H31NO3Si. The molecule has 1 aliphatic heterocycles. The van der Waals surface area contributed by atoms with Gasteiger partial charge in [0.15, 0.2) is 0 Å². The Morgan fingerprint density at radius 2 is 1.95 bits per heavy atom. The molecule has 4 nitrogen and oxygen atoms in total. The molecule has 0 spiro atoms. The van der Waals surface area contributed by atoms with Crippen LogP contribution in [0.3, 0.4) is 0 Å². The molecule has 114 valence electrons. The van der Waals surface area contributed by atoms with Gasteiger partial charge in [-0.05, 0) is 44.2 Å². The third kappa shape index (κ3) is 3.05. The first-order chi connectivity index (χ1) is 9.16. The Kier molecular flexibility index (Phi) is 6.97. The molecule has 0 aliphatic carbocycles. The predicted molar refractivity (Wildman–Crippen MR) is 80.2 cm³/mol. The van der Waals surface area contributed by atoms with E-state index >= 15 is 0 Å². The summed E-state index contributed by atoms with van der Waals surface area (Å²) < 4.78 is 18.0. The standard InChI is InChI=1S/C14H31NO3Si/c1-5-10-14(16-2)13(8-6-11-15)9-7-12-19(14,17-3)18-4/h13H,5-12,15H2,1-4H3. The van der Waals surface area contributed by atoms with Crippen LogP contribution in [0.25, 0.3) is 0 Å². The van der Waals surface area contributed by atoms with E-state index in [1.54, 1.807) is 14.2 Å². The van der Waals surface area contributed by atoms with Gasteiger partial charge in [0.05, 0.1) is 0 Å². The van der Waals surface area contributed by atoms with Gasteiger partial charge in [-0.2, -0.15) is 0 Å². The van der Waals surface area contributed by atoms with Crippen molar-refractivity contribution in [3.05, 3.63) is 0 Å². The van der Waals surface area contributed by atoms with E-state index in [9.17, 15) is 0 Å². The molecule has 0 saturated carbocycles. The predicted octanol–water partition coefficient (Wildman–Crippen LogP) is 2.59. The minimum absolute atomic E-state index is 0.210. The largest absolute Gasteiger partial charge is 0.396 e. The van der Waals surface area contributed by atoms with E-state index in [0.29, 0.717) is 5.92 Å². The summed E-state index contributed by atoms with van der Waals surface area (Å²) in [4.78, 5) is 0. The quantitative estimate of drug-likeness (QED) is 0.698. The first kappa shape index (κ1) is 17.1. The zero-order valence-electron chi connectivity index (χ0n) is 13.0. The Morgan fingerprint density at radius 1 is 1.26 bits per heavy atom. The molecule has 2 atom stereocenters. The van der Waals surface area contributed by atoms with Crippen LogP contribution in [0.2, 0.25) is 6.04 Å². The van der Waals surface area contributed by atoms with Crippen LogP contribution >= 0.6 is 0 Å². The van der Waals surface area contributed by atoms with Gasteiger partial charge >= 0.3 is 8.56 Å². The van der Waals surface area contributed by atoms with E-state index in [1.807, 2.05) is 7.11 Å². The van der Waals surface area contributed by atoms with Crippen molar-refractivity contribution in [2.75, 3.05) is 27.9 Å². The average Bonchev–Trinajstić information content (AvgIpc) is 2.46. The highest BCUT2D eigenvalue weighted by atomic mass is 28.4. The second-order valence-electron chi connectivity index (χ2n) is 5.52. The van der Waals surface area contributed by atoms with Gasteiger partial charge in [0.2, 0.25) is 0 Å². The minimum atomic E-state index is -2.31. The topological polar surface area (TPSA) is 53.7 Å². The van der Waals surface area contributed by atoms with Crippen molar-refractivity contribution in [1.82, 2.24) is 0 Å². The molecule has 1 saturated heterocycles. The summed E-state index contributed by atoms with van der Waals surface area (Å²) in [6.45, 7) is 2.96. The van der Waals surface area contributed by atoms with E-state index in [0.717, 1.165) is 38.3 Å². The molecule has 0 amide bonds. The van der Waals surface area contributed by atoms with Crippen LogP contribution < -0.4 is 5.73 Å². The number of methoxy groups -OCH3 is 1. The Bertz CT molecular complexity index is 261. The van der Waals surface area contributed by atoms with Crippen LogP contribution in [0.5, 0.6) is 0 Å². The summed E-state index contributed by atoms with van der Waals surface area (Å²) in [7, 11) is 3.11. The van der Waals surface area contributed by atoms with Gasteiger partial charge in [0, 0.05) is 21.3 Å². The fraction of sp³-hybridized carbons (Fsp3) is 1.00. The smallest absolute Gasteiger partial charge is 0.371 e. The summed E-state index contributed by atoms with van der Waals surface area (Å²) in [5.74, 6) is 0.515. The molecule has 2 unspecified atom stereocenters. The lowest BCUT2D eigenvalue weighted by Crippen LogP contribution is -2.68. The lowest BCUT2D eigenvalue weighted by Gasteiger charge is -2.52.